The Morgan fingerprint density at radius 2 is 1.68 bits per heavy atom. The summed E-state index contributed by atoms with van der Waals surface area (Å²) in [5.41, 5.74) is 3.60. The third kappa shape index (κ3) is 6.02. The van der Waals surface area contributed by atoms with Crippen molar-refractivity contribution in [3.05, 3.63) is 77.7 Å². The smallest absolute Gasteiger partial charge is 0.348 e. The summed E-state index contributed by atoms with van der Waals surface area (Å²) in [7, 11) is 0. The van der Waals surface area contributed by atoms with Crippen molar-refractivity contribution < 1.29 is 23.9 Å². The molecule has 0 aliphatic rings. The lowest BCUT2D eigenvalue weighted by molar-refractivity contribution is -0.114. The number of allylic oxidation sites excluding steroid dienone is 1. The standard InChI is InChI=1S/C28H26Cl2N2O5S/c1-6-36-27(34)25-16(4)26(28(35)37-7-2)38-24(25)13-23(33)19(14-31)11-18-10-15(3)32(17(18)5)20-8-9-21(29)22(30)12-20/h8-12H,6-7,13H2,1-5H3/b19-11+. The first-order valence-corrected chi connectivity index (χ1v) is 13.4. The molecule has 0 saturated heterocycles. The first-order valence-electron chi connectivity index (χ1n) is 11.8. The average Bonchev–Trinajstić information content (AvgIpc) is 3.34. The van der Waals surface area contributed by atoms with Crippen LogP contribution >= 0.6 is 34.5 Å². The van der Waals surface area contributed by atoms with Gasteiger partial charge in [-0.15, -0.1) is 11.3 Å². The number of rotatable bonds is 9. The highest BCUT2D eigenvalue weighted by Gasteiger charge is 2.28. The zero-order valence-corrected chi connectivity index (χ0v) is 23.9. The van der Waals surface area contributed by atoms with Crippen molar-refractivity contribution in [1.29, 1.82) is 5.26 Å². The maximum absolute atomic E-state index is 13.3. The fourth-order valence-electron chi connectivity index (χ4n) is 4.09. The number of esters is 2. The molecule has 2 aromatic heterocycles. The van der Waals surface area contributed by atoms with E-state index in [9.17, 15) is 19.6 Å². The third-order valence-corrected chi connectivity index (χ3v) is 7.84. The van der Waals surface area contributed by atoms with Crippen LogP contribution in [0.15, 0.2) is 29.8 Å². The molecule has 2 heterocycles. The second-order valence-electron chi connectivity index (χ2n) is 8.33. The molecule has 0 fully saturated rings. The highest BCUT2D eigenvalue weighted by molar-refractivity contribution is 7.14. The number of carbonyl (C=O) groups excluding carboxylic acids is 3. The van der Waals surface area contributed by atoms with Crippen molar-refractivity contribution in [2.75, 3.05) is 13.2 Å². The summed E-state index contributed by atoms with van der Waals surface area (Å²) in [5, 5.41) is 10.7. The number of thiophene rings is 1. The van der Waals surface area contributed by atoms with Crippen LogP contribution in [0.1, 0.15) is 61.3 Å². The minimum absolute atomic E-state index is 0.0852. The van der Waals surface area contributed by atoms with Gasteiger partial charge in [-0.05, 0) is 76.1 Å². The van der Waals surface area contributed by atoms with E-state index in [0.717, 1.165) is 28.4 Å². The fraction of sp³-hybridized carbons (Fsp3) is 0.286. The van der Waals surface area contributed by atoms with E-state index < -0.39 is 17.7 Å². The van der Waals surface area contributed by atoms with E-state index in [1.165, 1.54) is 6.08 Å². The summed E-state index contributed by atoms with van der Waals surface area (Å²) < 4.78 is 12.2. The van der Waals surface area contributed by atoms with Crippen molar-refractivity contribution in [2.45, 2.75) is 41.0 Å². The summed E-state index contributed by atoms with van der Waals surface area (Å²) in [4.78, 5) is 38.9. The molecular formula is C28H26Cl2N2O5S. The number of nitriles is 1. The number of hydrogen-bond acceptors (Lipinski definition) is 7. The van der Waals surface area contributed by atoms with Gasteiger partial charge in [-0.2, -0.15) is 5.26 Å². The number of aryl methyl sites for hydroxylation is 1. The maximum Gasteiger partial charge on any atom is 0.348 e. The van der Waals surface area contributed by atoms with Crippen LogP contribution in [0.4, 0.5) is 0 Å². The van der Waals surface area contributed by atoms with Crippen LogP contribution in [0, 0.1) is 32.1 Å². The molecular weight excluding hydrogens is 547 g/mol. The Balaban J connectivity index is 2.00. The molecule has 7 nitrogen and oxygen atoms in total. The molecule has 38 heavy (non-hydrogen) atoms. The van der Waals surface area contributed by atoms with Gasteiger partial charge < -0.3 is 14.0 Å². The summed E-state index contributed by atoms with van der Waals surface area (Å²) in [6.45, 7) is 9.03. The largest absolute Gasteiger partial charge is 0.462 e. The van der Waals surface area contributed by atoms with Gasteiger partial charge in [0.15, 0.2) is 5.78 Å². The number of ether oxygens (including phenoxy) is 2. The third-order valence-electron chi connectivity index (χ3n) is 5.83. The van der Waals surface area contributed by atoms with Gasteiger partial charge in [0.05, 0.1) is 34.4 Å². The predicted octanol–water partition coefficient (Wildman–Crippen LogP) is 6.84. The lowest BCUT2D eigenvalue weighted by Gasteiger charge is -2.10. The first-order chi connectivity index (χ1) is 18.0. The van der Waals surface area contributed by atoms with Gasteiger partial charge in [0.25, 0.3) is 0 Å². The van der Waals surface area contributed by atoms with Gasteiger partial charge >= 0.3 is 11.9 Å². The maximum atomic E-state index is 13.3. The average molecular weight is 573 g/mol. The molecule has 0 aliphatic carbocycles. The van der Waals surface area contributed by atoms with E-state index in [0.29, 0.717) is 26.0 Å². The monoisotopic (exact) mass is 572 g/mol. The van der Waals surface area contributed by atoms with Gasteiger partial charge in [-0.3, -0.25) is 4.79 Å². The molecule has 0 bridgehead atoms. The number of Topliss-reactive ketones (excluding diaryl/α,β-unsaturated/α-hetero) is 1. The molecule has 0 spiro atoms. The van der Waals surface area contributed by atoms with Crippen molar-refractivity contribution in [2.24, 2.45) is 0 Å². The summed E-state index contributed by atoms with van der Waals surface area (Å²) >= 11 is 13.3. The van der Waals surface area contributed by atoms with E-state index in [2.05, 4.69) is 0 Å². The second-order valence-corrected chi connectivity index (χ2v) is 10.2. The van der Waals surface area contributed by atoms with Crippen molar-refractivity contribution in [1.82, 2.24) is 4.57 Å². The zero-order valence-electron chi connectivity index (χ0n) is 21.6. The molecule has 0 saturated carbocycles. The Morgan fingerprint density at radius 3 is 2.29 bits per heavy atom. The SMILES string of the molecule is CCOC(=O)c1sc(CC(=O)/C(C#N)=C/c2cc(C)n(-c3ccc(Cl)c(Cl)c3)c2C)c(C(=O)OCC)c1C. The first kappa shape index (κ1) is 29.2. The number of hydrogen-bond donors (Lipinski definition) is 0. The molecule has 0 amide bonds. The molecule has 0 radical (unpaired) electrons. The summed E-state index contributed by atoms with van der Waals surface area (Å²) in [6.07, 6.45) is 1.28. The normalized spacial score (nSPS) is 11.3. The molecule has 0 N–H and O–H groups in total. The number of benzene rings is 1. The van der Waals surface area contributed by atoms with E-state index in [1.807, 2.05) is 36.6 Å². The summed E-state index contributed by atoms with van der Waals surface area (Å²) in [6, 6.07) is 9.11. The van der Waals surface area contributed by atoms with Gasteiger partial charge in [0.1, 0.15) is 10.9 Å². The van der Waals surface area contributed by atoms with Crippen molar-refractivity contribution >= 4 is 58.3 Å². The van der Waals surface area contributed by atoms with Crippen LogP contribution in [-0.2, 0) is 20.7 Å². The number of nitrogens with zero attached hydrogens (tertiary/aromatic N) is 2. The zero-order chi connectivity index (χ0) is 28.1. The van der Waals surface area contributed by atoms with Crippen LogP contribution in [0.2, 0.25) is 10.0 Å². The Labute approximate surface area is 235 Å². The lowest BCUT2D eigenvalue weighted by Crippen LogP contribution is -2.12. The minimum Gasteiger partial charge on any atom is -0.462 e. The molecule has 198 valence electrons. The summed E-state index contributed by atoms with van der Waals surface area (Å²) in [5.74, 6) is -1.70. The predicted molar refractivity (Wildman–Crippen MR) is 149 cm³/mol. The minimum atomic E-state index is -0.632. The molecule has 3 rings (SSSR count). The van der Waals surface area contributed by atoms with E-state index in [-0.39, 0.29) is 35.6 Å². The van der Waals surface area contributed by atoms with Crippen LogP contribution in [-0.4, -0.2) is 35.5 Å². The molecule has 0 unspecified atom stereocenters. The second kappa shape index (κ2) is 12.4. The molecule has 0 atom stereocenters. The van der Waals surface area contributed by atoms with Crippen molar-refractivity contribution in [3.63, 3.8) is 0 Å². The van der Waals surface area contributed by atoms with E-state index >= 15 is 0 Å². The topological polar surface area (TPSA) is 98.4 Å². The Morgan fingerprint density at radius 1 is 1.03 bits per heavy atom. The number of halogens is 2. The Hall–Kier alpha value is -3.38. The van der Waals surface area contributed by atoms with Gasteiger partial charge in [-0.25, -0.2) is 9.59 Å². The van der Waals surface area contributed by atoms with Crippen LogP contribution < -0.4 is 0 Å². The van der Waals surface area contributed by atoms with Crippen LogP contribution in [0.5, 0.6) is 0 Å². The quantitative estimate of drug-likeness (QED) is 0.158. The van der Waals surface area contributed by atoms with Gasteiger partial charge in [0, 0.05) is 28.4 Å². The molecule has 0 aliphatic heterocycles. The Bertz CT molecular complexity index is 1490. The number of carbonyl (C=O) groups is 3. The highest BCUT2D eigenvalue weighted by Crippen LogP contribution is 2.32. The van der Waals surface area contributed by atoms with E-state index in [4.69, 9.17) is 32.7 Å². The fourth-order valence-corrected chi connectivity index (χ4v) is 5.56. The Kier molecular flexibility index (Phi) is 9.55. The van der Waals surface area contributed by atoms with E-state index in [1.54, 1.807) is 32.9 Å². The number of aromatic nitrogens is 1. The molecule has 1 aromatic carbocycles. The highest BCUT2D eigenvalue weighted by atomic mass is 35.5. The van der Waals surface area contributed by atoms with Crippen LogP contribution in [0.3, 0.4) is 0 Å². The van der Waals surface area contributed by atoms with Crippen LogP contribution in [0.25, 0.3) is 11.8 Å². The van der Waals surface area contributed by atoms with Crippen molar-refractivity contribution in [3.8, 4) is 11.8 Å². The van der Waals surface area contributed by atoms with Gasteiger partial charge in [-0.1, -0.05) is 23.2 Å². The number of ketones is 1. The molecule has 3 aromatic rings. The van der Waals surface area contributed by atoms with Gasteiger partial charge in [0.2, 0.25) is 0 Å². The molecule has 10 heteroatoms. The lowest BCUT2D eigenvalue weighted by atomic mass is 10.0.